The molecule has 1 amide bonds. The summed E-state index contributed by atoms with van der Waals surface area (Å²) in [6.07, 6.45) is 1.80. The normalized spacial score (nSPS) is 19.7. The van der Waals surface area contributed by atoms with Gasteiger partial charge in [-0.2, -0.15) is 0 Å². The van der Waals surface area contributed by atoms with E-state index in [0.717, 1.165) is 19.4 Å². The standard InChI is InChI=1S/C9H16N2O3S/c1-2-13-9(12)11-8(15)10-6-7-4-3-5-14-7/h7H,2-6H2,1H3,(H2,10,11,12,15). The third-order valence-electron chi connectivity index (χ3n) is 2.01. The minimum atomic E-state index is -0.526. The molecule has 0 aromatic rings. The molecule has 1 aliphatic rings. The first-order valence-electron chi connectivity index (χ1n) is 5.05. The first kappa shape index (κ1) is 12.2. The van der Waals surface area contributed by atoms with Crippen LogP contribution < -0.4 is 10.6 Å². The van der Waals surface area contributed by atoms with Crippen molar-refractivity contribution in [3.8, 4) is 0 Å². The van der Waals surface area contributed by atoms with Crippen LogP contribution in [0.3, 0.4) is 0 Å². The fourth-order valence-electron chi connectivity index (χ4n) is 1.32. The Kier molecular flexibility index (Phi) is 5.34. The average molecular weight is 232 g/mol. The SMILES string of the molecule is CCOC(=O)NC(=S)NCC1CCCO1. The highest BCUT2D eigenvalue weighted by atomic mass is 32.1. The van der Waals surface area contributed by atoms with Gasteiger partial charge in [0.2, 0.25) is 0 Å². The molecule has 6 heteroatoms. The Bertz CT molecular complexity index is 229. The van der Waals surface area contributed by atoms with Crippen LogP contribution in [-0.4, -0.2) is 37.1 Å². The van der Waals surface area contributed by atoms with Crippen molar-refractivity contribution in [3.63, 3.8) is 0 Å². The van der Waals surface area contributed by atoms with Crippen molar-refractivity contribution in [2.24, 2.45) is 0 Å². The number of carbonyl (C=O) groups is 1. The molecular formula is C9H16N2O3S. The molecule has 1 unspecified atom stereocenters. The largest absolute Gasteiger partial charge is 0.450 e. The van der Waals surface area contributed by atoms with Gasteiger partial charge in [-0.25, -0.2) is 4.79 Å². The number of carbonyl (C=O) groups excluding carboxylic acids is 1. The summed E-state index contributed by atoms with van der Waals surface area (Å²) in [7, 11) is 0. The number of hydrogen-bond acceptors (Lipinski definition) is 4. The Labute approximate surface area is 94.5 Å². The van der Waals surface area contributed by atoms with Crippen LogP contribution in [0.15, 0.2) is 0 Å². The predicted molar refractivity (Wildman–Crippen MR) is 59.7 cm³/mol. The molecule has 0 saturated carbocycles. The van der Waals surface area contributed by atoms with Gasteiger partial charge in [-0.05, 0) is 32.0 Å². The molecule has 1 rings (SSSR count). The van der Waals surface area contributed by atoms with Gasteiger partial charge in [-0.15, -0.1) is 0 Å². The molecule has 0 spiro atoms. The lowest BCUT2D eigenvalue weighted by molar-refractivity contribution is 0.113. The monoisotopic (exact) mass is 232 g/mol. The van der Waals surface area contributed by atoms with Crippen LogP contribution >= 0.6 is 12.2 Å². The summed E-state index contributed by atoms with van der Waals surface area (Å²) in [6.45, 7) is 3.51. The van der Waals surface area contributed by atoms with E-state index in [2.05, 4.69) is 15.4 Å². The van der Waals surface area contributed by atoms with Crippen LogP contribution in [0.5, 0.6) is 0 Å². The molecule has 0 bridgehead atoms. The summed E-state index contributed by atoms with van der Waals surface area (Å²) in [5.74, 6) is 0. The van der Waals surface area contributed by atoms with Crippen molar-refractivity contribution in [1.29, 1.82) is 0 Å². The van der Waals surface area contributed by atoms with Gasteiger partial charge in [0.1, 0.15) is 0 Å². The summed E-state index contributed by atoms with van der Waals surface area (Å²) in [6, 6.07) is 0. The number of ether oxygens (including phenoxy) is 2. The molecule has 5 nitrogen and oxygen atoms in total. The Balaban J connectivity index is 2.09. The lowest BCUT2D eigenvalue weighted by Gasteiger charge is -2.12. The first-order valence-corrected chi connectivity index (χ1v) is 5.46. The molecule has 0 aromatic heterocycles. The number of amides is 1. The fourth-order valence-corrected chi connectivity index (χ4v) is 1.48. The van der Waals surface area contributed by atoms with Crippen LogP contribution in [0.4, 0.5) is 4.79 Å². The number of hydrogen-bond donors (Lipinski definition) is 2. The summed E-state index contributed by atoms with van der Waals surface area (Å²) >= 11 is 4.90. The van der Waals surface area contributed by atoms with Gasteiger partial charge < -0.3 is 14.8 Å². The minimum absolute atomic E-state index is 0.201. The van der Waals surface area contributed by atoms with Crippen LogP contribution in [-0.2, 0) is 9.47 Å². The van der Waals surface area contributed by atoms with E-state index in [9.17, 15) is 4.79 Å². The van der Waals surface area contributed by atoms with Gasteiger partial charge in [0.25, 0.3) is 0 Å². The highest BCUT2D eigenvalue weighted by Crippen LogP contribution is 2.10. The van der Waals surface area contributed by atoms with Crippen molar-refractivity contribution in [1.82, 2.24) is 10.6 Å². The average Bonchev–Trinajstić information content (AvgIpc) is 2.67. The number of nitrogens with one attached hydrogen (secondary N) is 2. The van der Waals surface area contributed by atoms with Crippen LogP contribution in [0.2, 0.25) is 0 Å². The van der Waals surface area contributed by atoms with Gasteiger partial charge in [-0.1, -0.05) is 0 Å². The summed E-state index contributed by atoms with van der Waals surface area (Å²) < 4.78 is 10.1. The number of thiocarbonyl (C=S) groups is 1. The second kappa shape index (κ2) is 6.58. The maximum absolute atomic E-state index is 11.0. The third-order valence-corrected chi connectivity index (χ3v) is 2.25. The van der Waals surface area contributed by atoms with E-state index in [1.54, 1.807) is 6.92 Å². The second-order valence-electron chi connectivity index (χ2n) is 3.19. The van der Waals surface area contributed by atoms with Crippen LogP contribution in [0.1, 0.15) is 19.8 Å². The van der Waals surface area contributed by atoms with Gasteiger partial charge >= 0.3 is 6.09 Å². The summed E-state index contributed by atoms with van der Waals surface area (Å²) in [5, 5.41) is 5.60. The van der Waals surface area contributed by atoms with Crippen molar-refractivity contribution >= 4 is 23.4 Å². The van der Waals surface area contributed by atoms with Crippen molar-refractivity contribution in [2.45, 2.75) is 25.9 Å². The molecular weight excluding hydrogens is 216 g/mol. The zero-order chi connectivity index (χ0) is 11.1. The molecule has 1 heterocycles. The van der Waals surface area contributed by atoms with Crippen LogP contribution in [0.25, 0.3) is 0 Å². The van der Waals surface area contributed by atoms with Gasteiger partial charge in [-0.3, -0.25) is 5.32 Å². The predicted octanol–water partition coefficient (Wildman–Crippen LogP) is 0.786. The zero-order valence-corrected chi connectivity index (χ0v) is 9.56. The molecule has 1 saturated heterocycles. The Morgan fingerprint density at radius 3 is 3.07 bits per heavy atom. The lowest BCUT2D eigenvalue weighted by atomic mass is 10.2. The number of alkyl carbamates (subject to hydrolysis) is 1. The number of rotatable bonds is 3. The Hall–Kier alpha value is -0.880. The molecule has 0 aliphatic carbocycles. The maximum Gasteiger partial charge on any atom is 0.413 e. The van der Waals surface area contributed by atoms with Gasteiger partial charge in [0, 0.05) is 13.2 Å². The maximum atomic E-state index is 11.0. The Morgan fingerprint density at radius 2 is 2.47 bits per heavy atom. The summed E-state index contributed by atoms with van der Waals surface area (Å²) in [5.41, 5.74) is 0. The van der Waals surface area contributed by atoms with Crippen molar-refractivity contribution in [3.05, 3.63) is 0 Å². The lowest BCUT2D eigenvalue weighted by Crippen LogP contribution is -2.42. The molecule has 2 N–H and O–H groups in total. The quantitative estimate of drug-likeness (QED) is 0.704. The Morgan fingerprint density at radius 1 is 1.67 bits per heavy atom. The van der Waals surface area contributed by atoms with Gasteiger partial charge in [0.15, 0.2) is 5.11 Å². The van der Waals surface area contributed by atoms with Gasteiger partial charge in [0.05, 0.1) is 12.7 Å². The highest BCUT2D eigenvalue weighted by molar-refractivity contribution is 7.80. The van der Waals surface area contributed by atoms with E-state index in [1.807, 2.05) is 0 Å². The second-order valence-corrected chi connectivity index (χ2v) is 3.60. The van der Waals surface area contributed by atoms with E-state index in [4.69, 9.17) is 17.0 Å². The van der Waals surface area contributed by atoms with E-state index in [0.29, 0.717) is 13.2 Å². The zero-order valence-electron chi connectivity index (χ0n) is 8.75. The van der Waals surface area contributed by atoms with E-state index in [-0.39, 0.29) is 11.2 Å². The molecule has 0 aromatic carbocycles. The van der Waals surface area contributed by atoms with E-state index >= 15 is 0 Å². The topological polar surface area (TPSA) is 59.6 Å². The van der Waals surface area contributed by atoms with Crippen molar-refractivity contribution < 1.29 is 14.3 Å². The molecule has 15 heavy (non-hydrogen) atoms. The molecule has 1 atom stereocenters. The minimum Gasteiger partial charge on any atom is -0.450 e. The van der Waals surface area contributed by atoms with E-state index < -0.39 is 6.09 Å². The highest BCUT2D eigenvalue weighted by Gasteiger charge is 2.15. The first-order chi connectivity index (χ1) is 7.22. The molecule has 1 fully saturated rings. The molecule has 1 aliphatic heterocycles. The fraction of sp³-hybridized carbons (Fsp3) is 0.778. The smallest absolute Gasteiger partial charge is 0.413 e. The van der Waals surface area contributed by atoms with Crippen LogP contribution in [0, 0.1) is 0 Å². The van der Waals surface area contributed by atoms with Crippen molar-refractivity contribution in [2.75, 3.05) is 19.8 Å². The molecule has 86 valence electrons. The molecule has 0 radical (unpaired) electrons. The third kappa shape index (κ3) is 4.94. The summed E-state index contributed by atoms with van der Waals surface area (Å²) in [4.78, 5) is 11.0. The van der Waals surface area contributed by atoms with E-state index in [1.165, 1.54) is 0 Å².